The molecule has 0 amide bonds. The maximum absolute atomic E-state index is 12.9. The molecule has 4 rings (SSSR count). The lowest BCUT2D eigenvalue weighted by molar-refractivity contribution is 0.0798. The van der Waals surface area contributed by atoms with Gasteiger partial charge in [-0.1, -0.05) is 18.2 Å². The van der Waals surface area contributed by atoms with Gasteiger partial charge in [0.15, 0.2) is 11.5 Å². The molecule has 1 aliphatic heterocycles. The van der Waals surface area contributed by atoms with Crippen LogP contribution in [0.2, 0.25) is 0 Å². The standard InChI is InChI=1S/C19H21NO4S/c1-20(12-16-13-23-18-7-2-3-8-19(18)24-16)25(21,22)17-10-9-14-5-4-6-15(14)11-17/h2-3,7-11,16H,4-6,12-13H2,1H3/t16-/m1/s1. The van der Waals surface area contributed by atoms with Gasteiger partial charge in [-0.25, -0.2) is 8.42 Å². The second-order valence-electron chi connectivity index (χ2n) is 6.57. The molecule has 25 heavy (non-hydrogen) atoms. The van der Waals surface area contributed by atoms with Crippen LogP contribution in [0.25, 0.3) is 0 Å². The van der Waals surface area contributed by atoms with Crippen LogP contribution in [0.5, 0.6) is 11.5 Å². The number of sulfonamides is 1. The predicted molar refractivity (Wildman–Crippen MR) is 94.6 cm³/mol. The number of ether oxygens (including phenoxy) is 2. The monoisotopic (exact) mass is 359 g/mol. The second-order valence-corrected chi connectivity index (χ2v) is 8.61. The van der Waals surface area contributed by atoms with Gasteiger partial charge < -0.3 is 9.47 Å². The third kappa shape index (κ3) is 3.12. The van der Waals surface area contributed by atoms with Gasteiger partial charge in [0.1, 0.15) is 12.7 Å². The van der Waals surface area contributed by atoms with Gasteiger partial charge in [-0.05, 0) is 54.7 Å². The summed E-state index contributed by atoms with van der Waals surface area (Å²) in [6, 6.07) is 12.9. The Hall–Kier alpha value is -2.05. The van der Waals surface area contributed by atoms with E-state index in [1.165, 1.54) is 9.87 Å². The molecule has 0 spiro atoms. The molecule has 0 N–H and O–H groups in total. The number of likely N-dealkylation sites (N-methyl/N-ethyl adjacent to an activating group) is 1. The van der Waals surface area contributed by atoms with Crippen molar-refractivity contribution in [1.29, 1.82) is 0 Å². The molecule has 0 unspecified atom stereocenters. The van der Waals surface area contributed by atoms with E-state index in [1.54, 1.807) is 13.1 Å². The normalized spacial score (nSPS) is 19.0. The number of benzene rings is 2. The molecular formula is C19H21NO4S. The quantitative estimate of drug-likeness (QED) is 0.842. The first-order valence-electron chi connectivity index (χ1n) is 8.51. The summed E-state index contributed by atoms with van der Waals surface area (Å²) < 4.78 is 38.7. The Balaban J connectivity index is 1.50. The molecule has 2 aromatic rings. The topological polar surface area (TPSA) is 55.8 Å². The lowest BCUT2D eigenvalue weighted by Gasteiger charge is -2.29. The molecule has 132 valence electrons. The summed E-state index contributed by atoms with van der Waals surface area (Å²) in [6.07, 6.45) is 2.77. The van der Waals surface area contributed by atoms with E-state index in [-0.39, 0.29) is 12.6 Å². The van der Waals surface area contributed by atoms with Crippen molar-refractivity contribution < 1.29 is 17.9 Å². The first-order valence-corrected chi connectivity index (χ1v) is 9.95. The van der Waals surface area contributed by atoms with Gasteiger partial charge in [-0.2, -0.15) is 4.31 Å². The van der Waals surface area contributed by atoms with E-state index >= 15 is 0 Å². The van der Waals surface area contributed by atoms with Crippen LogP contribution in [-0.2, 0) is 22.9 Å². The summed E-state index contributed by atoms with van der Waals surface area (Å²) in [5.74, 6) is 1.35. The number of hydrogen-bond acceptors (Lipinski definition) is 4. The highest BCUT2D eigenvalue weighted by atomic mass is 32.2. The largest absolute Gasteiger partial charge is 0.486 e. The fourth-order valence-corrected chi connectivity index (χ4v) is 4.68. The Morgan fingerprint density at radius 1 is 1.08 bits per heavy atom. The van der Waals surface area contributed by atoms with Crippen LogP contribution in [0, 0.1) is 0 Å². The van der Waals surface area contributed by atoms with Crippen molar-refractivity contribution in [3.05, 3.63) is 53.6 Å². The summed E-state index contributed by atoms with van der Waals surface area (Å²) >= 11 is 0. The third-order valence-electron chi connectivity index (χ3n) is 4.81. The Bertz CT molecular complexity index is 894. The number of para-hydroxylation sites is 2. The van der Waals surface area contributed by atoms with Gasteiger partial charge in [0, 0.05) is 7.05 Å². The van der Waals surface area contributed by atoms with E-state index in [0.717, 1.165) is 24.8 Å². The highest BCUT2D eigenvalue weighted by Crippen LogP contribution is 2.31. The first kappa shape index (κ1) is 16.4. The van der Waals surface area contributed by atoms with Gasteiger partial charge in [-0.15, -0.1) is 0 Å². The molecule has 1 aliphatic carbocycles. The third-order valence-corrected chi connectivity index (χ3v) is 6.63. The lowest BCUT2D eigenvalue weighted by Crippen LogP contribution is -2.41. The number of aryl methyl sites for hydroxylation is 2. The van der Waals surface area contributed by atoms with Gasteiger partial charge in [-0.3, -0.25) is 0 Å². The predicted octanol–water partition coefficient (Wildman–Crippen LogP) is 2.64. The van der Waals surface area contributed by atoms with E-state index in [4.69, 9.17) is 9.47 Å². The van der Waals surface area contributed by atoms with Crippen molar-refractivity contribution in [3.8, 4) is 11.5 Å². The molecular weight excluding hydrogens is 338 g/mol. The van der Waals surface area contributed by atoms with E-state index in [0.29, 0.717) is 23.0 Å². The number of rotatable bonds is 4. The van der Waals surface area contributed by atoms with Crippen molar-refractivity contribution >= 4 is 10.0 Å². The molecule has 0 radical (unpaired) electrons. The Morgan fingerprint density at radius 3 is 2.68 bits per heavy atom. The van der Waals surface area contributed by atoms with Gasteiger partial charge in [0.05, 0.1) is 11.4 Å². The molecule has 2 aliphatic rings. The van der Waals surface area contributed by atoms with Gasteiger partial charge >= 0.3 is 0 Å². The zero-order chi connectivity index (χ0) is 17.4. The van der Waals surface area contributed by atoms with E-state index in [1.807, 2.05) is 36.4 Å². The maximum Gasteiger partial charge on any atom is 0.242 e. The van der Waals surface area contributed by atoms with Crippen LogP contribution in [0.1, 0.15) is 17.5 Å². The summed E-state index contributed by atoms with van der Waals surface area (Å²) in [6.45, 7) is 0.578. The number of fused-ring (bicyclic) bond motifs is 2. The summed E-state index contributed by atoms with van der Waals surface area (Å²) in [4.78, 5) is 0.354. The van der Waals surface area contributed by atoms with Crippen LogP contribution < -0.4 is 9.47 Å². The molecule has 0 saturated carbocycles. The summed E-state index contributed by atoms with van der Waals surface area (Å²) in [5.41, 5.74) is 2.42. The minimum atomic E-state index is -3.54. The Morgan fingerprint density at radius 2 is 1.84 bits per heavy atom. The fourth-order valence-electron chi connectivity index (χ4n) is 3.43. The van der Waals surface area contributed by atoms with Gasteiger partial charge in [0.25, 0.3) is 0 Å². The van der Waals surface area contributed by atoms with Gasteiger partial charge in [0.2, 0.25) is 10.0 Å². The van der Waals surface area contributed by atoms with Crippen LogP contribution in [0.15, 0.2) is 47.4 Å². The van der Waals surface area contributed by atoms with Crippen molar-refractivity contribution in [2.75, 3.05) is 20.2 Å². The minimum Gasteiger partial charge on any atom is -0.486 e. The van der Waals surface area contributed by atoms with Crippen LogP contribution >= 0.6 is 0 Å². The molecule has 0 aromatic heterocycles. The SMILES string of the molecule is CN(C[C@@H]1COc2ccccc2O1)S(=O)(=O)c1ccc2c(c1)CCC2. The minimum absolute atomic E-state index is 0.244. The number of nitrogens with zero attached hydrogens (tertiary/aromatic N) is 1. The average molecular weight is 359 g/mol. The molecule has 0 fully saturated rings. The molecule has 2 aromatic carbocycles. The molecule has 1 atom stereocenters. The van der Waals surface area contributed by atoms with Crippen molar-refractivity contribution in [1.82, 2.24) is 4.31 Å². The molecule has 0 saturated heterocycles. The summed E-state index contributed by atoms with van der Waals surface area (Å²) in [7, 11) is -1.95. The van der Waals surface area contributed by atoms with E-state index in [2.05, 4.69) is 0 Å². The fraction of sp³-hybridized carbons (Fsp3) is 0.368. The van der Waals surface area contributed by atoms with Crippen LogP contribution in [-0.4, -0.2) is 39.0 Å². The highest BCUT2D eigenvalue weighted by molar-refractivity contribution is 7.89. The zero-order valence-corrected chi connectivity index (χ0v) is 15.0. The van der Waals surface area contributed by atoms with Crippen LogP contribution in [0.4, 0.5) is 0 Å². The highest BCUT2D eigenvalue weighted by Gasteiger charge is 2.28. The van der Waals surface area contributed by atoms with Crippen molar-refractivity contribution in [2.45, 2.75) is 30.3 Å². The average Bonchev–Trinajstić information content (AvgIpc) is 3.09. The summed E-state index contributed by atoms with van der Waals surface area (Å²) in [5, 5.41) is 0. The van der Waals surface area contributed by atoms with E-state index < -0.39 is 10.0 Å². The zero-order valence-electron chi connectivity index (χ0n) is 14.1. The second kappa shape index (κ2) is 6.35. The van der Waals surface area contributed by atoms with Crippen molar-refractivity contribution in [2.24, 2.45) is 0 Å². The van der Waals surface area contributed by atoms with Crippen LogP contribution in [0.3, 0.4) is 0 Å². The Labute approximate surface area is 148 Å². The Kier molecular flexibility index (Phi) is 4.17. The smallest absolute Gasteiger partial charge is 0.242 e. The van der Waals surface area contributed by atoms with E-state index in [9.17, 15) is 8.42 Å². The van der Waals surface area contributed by atoms with Crippen molar-refractivity contribution in [3.63, 3.8) is 0 Å². The lowest BCUT2D eigenvalue weighted by atomic mass is 10.1. The maximum atomic E-state index is 12.9. The molecule has 0 bridgehead atoms. The molecule has 1 heterocycles. The molecule has 5 nitrogen and oxygen atoms in total. The first-order chi connectivity index (χ1) is 12.0. The number of hydrogen-bond donors (Lipinski definition) is 0. The molecule has 6 heteroatoms.